The lowest BCUT2D eigenvalue weighted by Gasteiger charge is -2.32. The standard InChI is InChI=1S/C14H20N6O2S2/c1-10-17-18-14(24-10)23-9-11-8-12(22)16-13(15-11)20-4-2-19(3-5-20)6-7-21/h8,21H,2-7,9H2,1H3,(H,15,16,22)/p+1. The number of nitrogens with zero attached hydrogens (tertiary/aromatic N) is 4. The Morgan fingerprint density at radius 3 is 2.88 bits per heavy atom. The van der Waals surface area contributed by atoms with Gasteiger partial charge in [-0.3, -0.25) is 9.78 Å². The van der Waals surface area contributed by atoms with E-state index in [0.29, 0.717) is 11.7 Å². The van der Waals surface area contributed by atoms with Crippen LogP contribution in [0, 0.1) is 6.92 Å². The van der Waals surface area contributed by atoms with Crippen LogP contribution in [0.15, 0.2) is 15.2 Å². The van der Waals surface area contributed by atoms with Gasteiger partial charge in [0.15, 0.2) is 4.34 Å². The molecule has 0 aromatic carbocycles. The monoisotopic (exact) mass is 369 g/mol. The van der Waals surface area contributed by atoms with Crippen LogP contribution in [0.2, 0.25) is 0 Å². The molecule has 3 rings (SSSR count). The molecule has 1 fully saturated rings. The molecule has 1 saturated heterocycles. The zero-order valence-corrected chi connectivity index (χ0v) is 15.1. The molecule has 0 radical (unpaired) electrons. The van der Waals surface area contributed by atoms with E-state index in [1.807, 2.05) is 6.92 Å². The van der Waals surface area contributed by atoms with Crippen molar-refractivity contribution in [3.05, 3.63) is 27.1 Å². The van der Waals surface area contributed by atoms with E-state index < -0.39 is 0 Å². The number of hydrogen-bond donors (Lipinski definition) is 3. The number of piperazine rings is 1. The lowest BCUT2D eigenvalue weighted by atomic mass is 10.3. The van der Waals surface area contributed by atoms with Crippen molar-refractivity contribution in [3.63, 3.8) is 0 Å². The van der Waals surface area contributed by atoms with Crippen LogP contribution >= 0.6 is 23.1 Å². The van der Waals surface area contributed by atoms with E-state index >= 15 is 0 Å². The summed E-state index contributed by atoms with van der Waals surface area (Å²) in [5.41, 5.74) is 0.617. The van der Waals surface area contributed by atoms with Crippen LogP contribution < -0.4 is 15.4 Å². The molecule has 0 aliphatic carbocycles. The highest BCUT2D eigenvalue weighted by molar-refractivity contribution is 8.00. The predicted octanol–water partition coefficient (Wildman–Crippen LogP) is -1.08. The third-order valence-corrected chi connectivity index (χ3v) is 5.87. The van der Waals surface area contributed by atoms with Crippen molar-refractivity contribution in [2.45, 2.75) is 17.0 Å². The minimum Gasteiger partial charge on any atom is -0.391 e. The minimum atomic E-state index is -0.130. The number of hydrogen-bond acceptors (Lipinski definition) is 8. The van der Waals surface area contributed by atoms with Crippen LogP contribution in [-0.4, -0.2) is 64.6 Å². The Morgan fingerprint density at radius 2 is 2.21 bits per heavy atom. The first-order valence-corrected chi connectivity index (χ1v) is 9.67. The van der Waals surface area contributed by atoms with Gasteiger partial charge in [-0.05, 0) is 6.92 Å². The summed E-state index contributed by atoms with van der Waals surface area (Å²) < 4.78 is 0.886. The topological polar surface area (TPSA) is 99.4 Å². The van der Waals surface area contributed by atoms with E-state index in [0.717, 1.165) is 47.8 Å². The second-order valence-electron chi connectivity index (χ2n) is 5.65. The van der Waals surface area contributed by atoms with Crippen LogP contribution in [0.25, 0.3) is 0 Å². The Morgan fingerprint density at radius 1 is 1.42 bits per heavy atom. The molecule has 0 bridgehead atoms. The van der Waals surface area contributed by atoms with E-state index in [2.05, 4.69) is 25.1 Å². The summed E-state index contributed by atoms with van der Waals surface area (Å²) in [6, 6.07) is 1.54. The minimum absolute atomic E-state index is 0.130. The van der Waals surface area contributed by atoms with Gasteiger partial charge >= 0.3 is 0 Å². The second kappa shape index (κ2) is 8.06. The molecule has 2 aromatic rings. The van der Waals surface area contributed by atoms with Crippen molar-refractivity contribution >= 4 is 29.0 Å². The number of aromatic nitrogens is 4. The molecule has 2 aromatic heterocycles. The maximum Gasteiger partial charge on any atom is 0.252 e. The largest absolute Gasteiger partial charge is 0.391 e. The Labute approximate surface area is 147 Å². The van der Waals surface area contributed by atoms with Gasteiger partial charge < -0.3 is 14.9 Å². The summed E-state index contributed by atoms with van der Waals surface area (Å²) in [4.78, 5) is 22.9. The molecule has 0 spiro atoms. The first-order chi connectivity index (χ1) is 11.6. The van der Waals surface area contributed by atoms with Gasteiger partial charge in [0.2, 0.25) is 5.95 Å². The van der Waals surface area contributed by atoms with E-state index in [1.165, 1.54) is 11.0 Å². The van der Waals surface area contributed by atoms with Gasteiger partial charge in [0.1, 0.15) is 11.6 Å². The van der Waals surface area contributed by atoms with Crippen LogP contribution in [0.5, 0.6) is 0 Å². The maximum atomic E-state index is 11.9. The summed E-state index contributed by atoms with van der Waals surface area (Å²) >= 11 is 3.09. The molecule has 3 heterocycles. The van der Waals surface area contributed by atoms with Crippen LogP contribution in [0.4, 0.5) is 5.95 Å². The van der Waals surface area contributed by atoms with E-state index in [1.54, 1.807) is 23.1 Å². The molecule has 3 N–H and O–H groups in total. The summed E-state index contributed by atoms with van der Waals surface area (Å²) in [6.07, 6.45) is 0. The fraction of sp³-hybridized carbons (Fsp3) is 0.571. The van der Waals surface area contributed by atoms with Crippen molar-refractivity contribution in [1.29, 1.82) is 0 Å². The Bertz CT molecular complexity index is 726. The molecule has 10 heteroatoms. The molecule has 0 amide bonds. The number of anilines is 1. The van der Waals surface area contributed by atoms with Gasteiger partial charge in [0.25, 0.3) is 5.56 Å². The van der Waals surface area contributed by atoms with E-state index in [-0.39, 0.29) is 12.2 Å². The first-order valence-electron chi connectivity index (χ1n) is 7.86. The second-order valence-corrected chi connectivity index (χ2v) is 8.05. The maximum absolute atomic E-state index is 11.9. The zero-order valence-electron chi connectivity index (χ0n) is 13.5. The van der Waals surface area contributed by atoms with Crippen molar-refractivity contribution in [1.82, 2.24) is 20.2 Å². The summed E-state index contributed by atoms with van der Waals surface area (Å²) in [7, 11) is 0. The SMILES string of the molecule is Cc1nnc(SCc2cc(=O)[nH]c(N3CC[NH+](CCO)CC3)n2)s1. The molecule has 8 nitrogen and oxygen atoms in total. The number of aromatic amines is 1. The van der Waals surface area contributed by atoms with Gasteiger partial charge in [-0.25, -0.2) is 4.98 Å². The number of rotatable bonds is 6. The fourth-order valence-corrected chi connectivity index (χ4v) is 4.34. The number of quaternary nitrogens is 1. The van der Waals surface area contributed by atoms with Gasteiger partial charge in [0.05, 0.1) is 38.5 Å². The molecule has 1 aliphatic rings. The molecule has 0 saturated carbocycles. The lowest BCUT2D eigenvalue weighted by Crippen LogP contribution is -3.15. The predicted molar refractivity (Wildman–Crippen MR) is 93.9 cm³/mol. The number of H-pyrrole nitrogens is 1. The van der Waals surface area contributed by atoms with Gasteiger partial charge in [-0.15, -0.1) is 10.2 Å². The van der Waals surface area contributed by atoms with E-state index in [4.69, 9.17) is 5.11 Å². The average Bonchev–Trinajstić information content (AvgIpc) is 2.99. The third kappa shape index (κ3) is 4.53. The summed E-state index contributed by atoms with van der Waals surface area (Å²) in [5.74, 6) is 1.23. The molecule has 0 atom stereocenters. The molecule has 1 aliphatic heterocycles. The summed E-state index contributed by atoms with van der Waals surface area (Å²) in [6.45, 7) is 6.43. The highest BCUT2D eigenvalue weighted by atomic mass is 32.2. The number of aliphatic hydroxyl groups excluding tert-OH is 1. The van der Waals surface area contributed by atoms with E-state index in [9.17, 15) is 4.79 Å². The normalized spacial score (nSPS) is 15.8. The highest BCUT2D eigenvalue weighted by Crippen LogP contribution is 2.24. The van der Waals surface area contributed by atoms with Crippen molar-refractivity contribution in [2.24, 2.45) is 0 Å². The third-order valence-electron chi connectivity index (χ3n) is 3.87. The zero-order chi connectivity index (χ0) is 16.9. The first kappa shape index (κ1) is 17.3. The van der Waals surface area contributed by atoms with Gasteiger partial charge in [0, 0.05) is 11.8 Å². The number of nitrogens with one attached hydrogen (secondary N) is 2. The summed E-state index contributed by atoms with van der Waals surface area (Å²) in [5, 5.41) is 18.0. The number of aliphatic hydroxyl groups is 1. The molecular formula is C14H21N6O2S2+. The van der Waals surface area contributed by atoms with Crippen molar-refractivity contribution in [3.8, 4) is 0 Å². The van der Waals surface area contributed by atoms with Crippen molar-refractivity contribution in [2.75, 3.05) is 44.2 Å². The quantitative estimate of drug-likeness (QED) is 0.557. The lowest BCUT2D eigenvalue weighted by molar-refractivity contribution is -0.900. The van der Waals surface area contributed by atoms with Crippen LogP contribution in [0.1, 0.15) is 10.7 Å². The van der Waals surface area contributed by atoms with Crippen LogP contribution in [-0.2, 0) is 5.75 Å². The van der Waals surface area contributed by atoms with Gasteiger partial charge in [-0.1, -0.05) is 23.1 Å². The molecular weight excluding hydrogens is 348 g/mol. The Kier molecular flexibility index (Phi) is 5.82. The fourth-order valence-electron chi connectivity index (χ4n) is 2.63. The van der Waals surface area contributed by atoms with Crippen LogP contribution in [0.3, 0.4) is 0 Å². The Balaban J connectivity index is 1.64. The average molecular weight is 369 g/mol. The molecule has 0 unspecified atom stereocenters. The smallest absolute Gasteiger partial charge is 0.252 e. The Hall–Kier alpha value is -1.49. The van der Waals surface area contributed by atoms with Crippen molar-refractivity contribution < 1.29 is 10.0 Å². The van der Waals surface area contributed by atoms with Gasteiger partial charge in [-0.2, -0.15) is 0 Å². The molecule has 24 heavy (non-hydrogen) atoms. The number of aryl methyl sites for hydroxylation is 1. The number of thioether (sulfide) groups is 1. The molecule has 130 valence electrons. The highest BCUT2D eigenvalue weighted by Gasteiger charge is 2.21.